The molecule has 0 saturated heterocycles. The van der Waals surface area contributed by atoms with Crippen molar-refractivity contribution in [2.45, 2.75) is 0 Å². The Balaban J connectivity index is 2.03. The van der Waals surface area contributed by atoms with E-state index in [9.17, 15) is 4.79 Å². The zero-order chi connectivity index (χ0) is 16.0. The topological polar surface area (TPSA) is 68.1 Å². The maximum absolute atomic E-state index is 12.3. The highest BCUT2D eigenvalue weighted by Gasteiger charge is 2.14. The molecule has 23 heavy (non-hydrogen) atoms. The molecule has 0 spiro atoms. The molecule has 110 valence electrons. The van der Waals surface area contributed by atoms with Crippen LogP contribution in [0.25, 0.3) is 33.5 Å². The van der Waals surface area contributed by atoms with Crippen molar-refractivity contribution in [1.29, 1.82) is 0 Å². The average molecular weight is 302 g/mol. The number of aromatic amines is 1. The lowest BCUT2D eigenvalue weighted by Crippen LogP contribution is -2.08. The predicted molar refractivity (Wildman–Crippen MR) is 89.5 cm³/mol. The van der Waals surface area contributed by atoms with Crippen molar-refractivity contribution in [2.75, 3.05) is 7.11 Å². The second-order valence-electron chi connectivity index (χ2n) is 5.18. The molecule has 0 bridgehead atoms. The predicted octanol–water partition coefficient (Wildman–Crippen LogP) is 2.14. The number of rotatable bonds is 2. The Morgan fingerprint density at radius 3 is 2.91 bits per heavy atom. The van der Waals surface area contributed by atoms with Crippen LogP contribution in [0.15, 0.2) is 51.7 Å². The van der Waals surface area contributed by atoms with Crippen molar-refractivity contribution < 1.29 is 9.15 Å². The number of methoxy groups -OCH3 is 1. The van der Waals surface area contributed by atoms with Gasteiger partial charge >= 0.3 is 0 Å². The van der Waals surface area contributed by atoms with Crippen LogP contribution < -0.4 is 15.8 Å². The minimum Gasteiger partial charge on any atom is -0.497 e. The van der Waals surface area contributed by atoms with Crippen molar-refractivity contribution in [3.8, 4) is 17.1 Å². The van der Waals surface area contributed by atoms with Gasteiger partial charge in [0.2, 0.25) is 5.58 Å². The van der Waals surface area contributed by atoms with E-state index in [-0.39, 0.29) is 11.1 Å². The largest absolute Gasteiger partial charge is 0.497 e. The molecule has 2 radical (unpaired) electrons. The van der Waals surface area contributed by atoms with E-state index in [2.05, 4.69) is 9.97 Å². The summed E-state index contributed by atoms with van der Waals surface area (Å²) in [6.07, 6.45) is 0. The highest BCUT2D eigenvalue weighted by atomic mass is 16.5. The van der Waals surface area contributed by atoms with Gasteiger partial charge in [0, 0.05) is 10.9 Å². The molecule has 0 fully saturated rings. The van der Waals surface area contributed by atoms with Crippen LogP contribution in [0.1, 0.15) is 0 Å². The molecule has 4 rings (SSSR count). The average Bonchev–Trinajstić information content (AvgIpc) is 2.93. The van der Waals surface area contributed by atoms with E-state index in [0.717, 1.165) is 10.9 Å². The first-order chi connectivity index (χ1) is 11.2. The van der Waals surface area contributed by atoms with Gasteiger partial charge < -0.3 is 14.1 Å². The minimum absolute atomic E-state index is 0.192. The van der Waals surface area contributed by atoms with E-state index in [1.54, 1.807) is 31.4 Å². The fourth-order valence-corrected chi connectivity index (χ4v) is 2.58. The number of hydrogen-bond donors (Lipinski definition) is 1. The standard InChI is InChI=1S/C17H11BN2O3/c1-22-11-4-2-3-9(7-11)16-19-14-12-8-10(18)5-6-13(12)23-15(14)17(21)20-16/h2-8H,1H3,(H,19,20,21). The fraction of sp³-hybridized carbons (Fsp3) is 0.0588. The lowest BCUT2D eigenvalue weighted by atomic mass is 9.95. The number of benzene rings is 2. The number of fused-ring (bicyclic) bond motifs is 3. The van der Waals surface area contributed by atoms with E-state index >= 15 is 0 Å². The lowest BCUT2D eigenvalue weighted by molar-refractivity contribution is 0.415. The summed E-state index contributed by atoms with van der Waals surface area (Å²) in [6, 6.07) is 12.5. The first-order valence-corrected chi connectivity index (χ1v) is 7.02. The van der Waals surface area contributed by atoms with Gasteiger partial charge in [0.05, 0.1) is 7.11 Å². The summed E-state index contributed by atoms with van der Waals surface area (Å²) in [7, 11) is 7.42. The molecule has 2 aromatic heterocycles. The van der Waals surface area contributed by atoms with Gasteiger partial charge in [-0.25, -0.2) is 4.98 Å². The number of furan rings is 1. The monoisotopic (exact) mass is 302 g/mol. The summed E-state index contributed by atoms with van der Waals surface area (Å²) >= 11 is 0. The van der Waals surface area contributed by atoms with Crippen molar-refractivity contribution in [3.05, 3.63) is 52.8 Å². The van der Waals surface area contributed by atoms with Gasteiger partial charge in [0.1, 0.15) is 30.5 Å². The van der Waals surface area contributed by atoms with Crippen molar-refractivity contribution >= 4 is 35.4 Å². The van der Waals surface area contributed by atoms with E-state index in [0.29, 0.717) is 28.1 Å². The van der Waals surface area contributed by atoms with Crippen molar-refractivity contribution in [3.63, 3.8) is 0 Å². The van der Waals surface area contributed by atoms with E-state index in [1.807, 2.05) is 18.2 Å². The lowest BCUT2D eigenvalue weighted by Gasteiger charge is -2.04. The van der Waals surface area contributed by atoms with Gasteiger partial charge in [-0.2, -0.15) is 0 Å². The maximum atomic E-state index is 12.3. The molecule has 0 saturated carbocycles. The highest BCUT2D eigenvalue weighted by Crippen LogP contribution is 2.26. The molecular weight excluding hydrogens is 291 g/mol. The summed E-state index contributed by atoms with van der Waals surface area (Å²) < 4.78 is 10.8. The van der Waals surface area contributed by atoms with Crippen LogP contribution >= 0.6 is 0 Å². The van der Waals surface area contributed by atoms with Gasteiger partial charge in [-0.15, -0.1) is 0 Å². The van der Waals surface area contributed by atoms with Crippen LogP contribution in [-0.4, -0.2) is 24.9 Å². The number of aromatic nitrogens is 2. The molecule has 5 nitrogen and oxygen atoms in total. The number of H-pyrrole nitrogens is 1. The molecule has 4 aromatic rings. The Labute approximate surface area is 132 Å². The third-order valence-electron chi connectivity index (χ3n) is 3.69. The Morgan fingerprint density at radius 1 is 1.22 bits per heavy atom. The number of nitrogens with zero attached hydrogens (tertiary/aromatic N) is 1. The van der Waals surface area contributed by atoms with Gasteiger partial charge in [-0.1, -0.05) is 29.7 Å². The summed E-state index contributed by atoms with van der Waals surface area (Å²) in [6.45, 7) is 0. The van der Waals surface area contributed by atoms with Gasteiger partial charge in [-0.05, 0) is 18.2 Å². The third-order valence-corrected chi connectivity index (χ3v) is 3.69. The molecule has 2 heterocycles. The van der Waals surface area contributed by atoms with Crippen LogP contribution in [0.2, 0.25) is 0 Å². The Kier molecular flexibility index (Phi) is 2.97. The normalized spacial score (nSPS) is 11.2. The van der Waals surface area contributed by atoms with Gasteiger partial charge in [0.25, 0.3) is 5.56 Å². The number of nitrogens with one attached hydrogen (secondary N) is 1. The van der Waals surface area contributed by atoms with Gasteiger partial charge in [0.15, 0.2) is 0 Å². The fourth-order valence-electron chi connectivity index (χ4n) is 2.58. The Bertz CT molecular complexity index is 1100. The molecule has 0 aliphatic rings. The van der Waals surface area contributed by atoms with Crippen LogP contribution in [-0.2, 0) is 0 Å². The van der Waals surface area contributed by atoms with Gasteiger partial charge in [-0.3, -0.25) is 4.79 Å². The summed E-state index contributed by atoms with van der Waals surface area (Å²) in [4.78, 5) is 19.6. The van der Waals surface area contributed by atoms with Crippen LogP contribution in [0.5, 0.6) is 5.75 Å². The number of ether oxygens (including phenoxy) is 1. The summed E-state index contributed by atoms with van der Waals surface area (Å²) in [5.74, 6) is 1.14. The molecule has 0 aliphatic carbocycles. The molecule has 0 aliphatic heterocycles. The molecule has 2 aromatic carbocycles. The molecule has 6 heteroatoms. The highest BCUT2D eigenvalue weighted by molar-refractivity contribution is 6.33. The first-order valence-electron chi connectivity index (χ1n) is 7.02. The molecule has 0 unspecified atom stereocenters. The second kappa shape index (κ2) is 5.02. The SMILES string of the molecule is [B]c1ccc2oc3c(=O)[nH]c(-c4cccc(OC)c4)nc3c2c1. The third kappa shape index (κ3) is 2.19. The molecular formula is C17H11BN2O3. The quantitative estimate of drug-likeness (QED) is 0.576. The van der Waals surface area contributed by atoms with Crippen molar-refractivity contribution in [2.24, 2.45) is 0 Å². The summed E-state index contributed by atoms with van der Waals surface area (Å²) in [5, 5.41) is 0.718. The van der Waals surface area contributed by atoms with Crippen LogP contribution in [0, 0.1) is 0 Å². The van der Waals surface area contributed by atoms with E-state index in [1.165, 1.54) is 0 Å². The molecule has 0 amide bonds. The Morgan fingerprint density at radius 2 is 2.09 bits per heavy atom. The van der Waals surface area contributed by atoms with Crippen LogP contribution in [0.4, 0.5) is 0 Å². The van der Waals surface area contributed by atoms with E-state index < -0.39 is 0 Å². The maximum Gasteiger partial charge on any atom is 0.294 e. The smallest absolute Gasteiger partial charge is 0.294 e. The van der Waals surface area contributed by atoms with Crippen LogP contribution in [0.3, 0.4) is 0 Å². The first kappa shape index (κ1) is 13.6. The molecule has 0 atom stereocenters. The zero-order valence-electron chi connectivity index (χ0n) is 12.3. The van der Waals surface area contributed by atoms with E-state index in [4.69, 9.17) is 17.0 Å². The summed E-state index contributed by atoms with van der Waals surface area (Å²) in [5.41, 5.74) is 2.27. The zero-order valence-corrected chi connectivity index (χ0v) is 12.3. The minimum atomic E-state index is -0.331. The molecule has 1 N–H and O–H groups in total. The second-order valence-corrected chi connectivity index (χ2v) is 5.18. The Hall–Kier alpha value is -3.02. The van der Waals surface area contributed by atoms with Crippen molar-refractivity contribution in [1.82, 2.24) is 9.97 Å². The number of hydrogen-bond acceptors (Lipinski definition) is 4.